The van der Waals surface area contributed by atoms with E-state index in [1.54, 1.807) is 0 Å². The molecule has 1 rings (SSSR count). The van der Waals surface area contributed by atoms with Crippen LogP contribution in [0.15, 0.2) is 18.3 Å². The van der Waals surface area contributed by atoms with Gasteiger partial charge in [-0.2, -0.15) is 34.8 Å². The van der Waals surface area contributed by atoms with E-state index in [1.807, 2.05) is 0 Å². The van der Waals surface area contributed by atoms with Crippen molar-refractivity contribution in [3.8, 4) is 5.75 Å². The predicted octanol–water partition coefficient (Wildman–Crippen LogP) is 2.33. The molecule has 11 heteroatoms. The van der Waals surface area contributed by atoms with Crippen LogP contribution in [0.3, 0.4) is 0 Å². The molecule has 0 aromatic carbocycles. The summed E-state index contributed by atoms with van der Waals surface area (Å²) in [6, 6.07) is 0.599. The van der Waals surface area contributed by atoms with Gasteiger partial charge in [-0.15, -0.1) is 0 Å². The maximum Gasteiger partial charge on any atom is 0.534 e. The van der Waals surface area contributed by atoms with Crippen LogP contribution in [-0.2, 0) is 16.3 Å². The molecule has 102 valence electrons. The molecule has 1 aromatic heterocycles. The maximum absolute atomic E-state index is 12.1. The summed E-state index contributed by atoms with van der Waals surface area (Å²) in [6.45, 7) is 0. The number of pyridine rings is 1. The molecule has 0 saturated heterocycles. The standard InChI is InChI=1S/C7H3F6NO3S/c8-6(9,10)5-3-4(1-2-14-5)17-18(15,16)7(11,12)13/h1-3H. The molecular weight excluding hydrogens is 292 g/mol. The summed E-state index contributed by atoms with van der Waals surface area (Å²) in [6.07, 6.45) is -4.45. The molecule has 0 aliphatic rings. The Bertz CT molecular complexity index is 535. The molecule has 1 aromatic rings. The highest BCUT2D eigenvalue weighted by Crippen LogP contribution is 2.31. The van der Waals surface area contributed by atoms with Gasteiger partial charge in [0.1, 0.15) is 11.4 Å². The van der Waals surface area contributed by atoms with Crippen LogP contribution in [0.2, 0.25) is 0 Å². The number of alkyl halides is 6. The number of hydrogen-bond acceptors (Lipinski definition) is 4. The summed E-state index contributed by atoms with van der Waals surface area (Å²) < 4.78 is 96.7. The monoisotopic (exact) mass is 295 g/mol. The zero-order valence-corrected chi connectivity index (χ0v) is 8.90. The second-order valence-electron chi connectivity index (χ2n) is 2.86. The molecule has 1 heterocycles. The lowest BCUT2D eigenvalue weighted by atomic mass is 10.3. The minimum Gasteiger partial charge on any atom is -0.376 e. The van der Waals surface area contributed by atoms with E-state index in [-0.39, 0.29) is 6.07 Å². The molecule has 0 aliphatic heterocycles. The van der Waals surface area contributed by atoms with E-state index < -0.39 is 33.2 Å². The van der Waals surface area contributed by atoms with E-state index >= 15 is 0 Å². The van der Waals surface area contributed by atoms with Crippen LogP contribution in [0.4, 0.5) is 26.3 Å². The lowest BCUT2D eigenvalue weighted by Crippen LogP contribution is -2.28. The van der Waals surface area contributed by atoms with Crippen LogP contribution >= 0.6 is 0 Å². The van der Waals surface area contributed by atoms with Crippen LogP contribution < -0.4 is 4.18 Å². The van der Waals surface area contributed by atoms with Crippen molar-refractivity contribution in [3.05, 3.63) is 24.0 Å². The van der Waals surface area contributed by atoms with E-state index in [9.17, 15) is 34.8 Å². The van der Waals surface area contributed by atoms with Gasteiger partial charge in [0.25, 0.3) is 0 Å². The minimum absolute atomic E-state index is 0.0449. The normalized spacial score (nSPS) is 13.4. The fourth-order valence-electron chi connectivity index (χ4n) is 0.792. The smallest absolute Gasteiger partial charge is 0.376 e. The van der Waals surface area contributed by atoms with E-state index in [0.717, 1.165) is 0 Å². The van der Waals surface area contributed by atoms with Gasteiger partial charge < -0.3 is 4.18 Å². The first-order valence-corrected chi connectivity index (χ1v) is 5.38. The number of nitrogens with zero attached hydrogens (tertiary/aromatic N) is 1. The molecule has 0 radical (unpaired) electrons. The molecule has 0 atom stereocenters. The number of hydrogen-bond donors (Lipinski definition) is 0. The molecule has 0 saturated carbocycles. The van der Waals surface area contributed by atoms with Gasteiger partial charge in [0.2, 0.25) is 0 Å². The lowest BCUT2D eigenvalue weighted by molar-refractivity contribution is -0.141. The molecule has 0 spiro atoms. The first-order valence-electron chi connectivity index (χ1n) is 3.97. The van der Waals surface area contributed by atoms with Crippen molar-refractivity contribution in [1.29, 1.82) is 0 Å². The Labute approximate surface area is 96.3 Å². The summed E-state index contributed by atoms with van der Waals surface area (Å²) in [7, 11) is -6.01. The van der Waals surface area contributed by atoms with E-state index in [4.69, 9.17) is 0 Å². The molecule has 0 unspecified atom stereocenters. The Balaban J connectivity index is 3.08. The van der Waals surface area contributed by atoms with Gasteiger partial charge in [-0.3, -0.25) is 4.98 Å². The zero-order chi connectivity index (χ0) is 14.2. The topological polar surface area (TPSA) is 56.3 Å². The minimum atomic E-state index is -6.01. The van der Waals surface area contributed by atoms with Gasteiger partial charge in [0.05, 0.1) is 0 Å². The second kappa shape index (κ2) is 4.30. The summed E-state index contributed by atoms with van der Waals surface area (Å²) in [5.74, 6) is -1.13. The van der Waals surface area contributed by atoms with Crippen LogP contribution in [-0.4, -0.2) is 18.9 Å². The number of halogens is 6. The fourth-order valence-corrected chi connectivity index (χ4v) is 1.24. The van der Waals surface area contributed by atoms with Gasteiger partial charge >= 0.3 is 21.8 Å². The van der Waals surface area contributed by atoms with E-state index in [0.29, 0.717) is 12.3 Å². The van der Waals surface area contributed by atoms with Crippen LogP contribution in [0.5, 0.6) is 5.75 Å². The number of rotatable bonds is 2. The zero-order valence-electron chi connectivity index (χ0n) is 8.08. The molecule has 0 N–H and O–H groups in total. The van der Waals surface area contributed by atoms with Crippen molar-refractivity contribution >= 4 is 10.1 Å². The van der Waals surface area contributed by atoms with Crippen molar-refractivity contribution in [1.82, 2.24) is 4.98 Å². The Hall–Kier alpha value is -1.52. The highest BCUT2D eigenvalue weighted by molar-refractivity contribution is 7.87. The lowest BCUT2D eigenvalue weighted by Gasteiger charge is -2.10. The third kappa shape index (κ3) is 3.24. The molecule has 0 bridgehead atoms. The molecular formula is C7H3F6NO3S. The highest BCUT2D eigenvalue weighted by Gasteiger charge is 2.48. The molecule has 0 amide bonds. The Morgan fingerprint density at radius 1 is 1.11 bits per heavy atom. The SMILES string of the molecule is O=S(=O)(Oc1ccnc(C(F)(F)F)c1)C(F)(F)F. The van der Waals surface area contributed by atoms with Gasteiger partial charge in [-0.25, -0.2) is 0 Å². The first-order chi connectivity index (χ1) is 7.93. The van der Waals surface area contributed by atoms with Gasteiger partial charge in [0, 0.05) is 18.3 Å². The maximum atomic E-state index is 12.1. The average Bonchev–Trinajstić information content (AvgIpc) is 2.14. The van der Waals surface area contributed by atoms with Crippen molar-refractivity contribution in [3.63, 3.8) is 0 Å². The Morgan fingerprint density at radius 3 is 2.11 bits per heavy atom. The highest BCUT2D eigenvalue weighted by atomic mass is 32.2. The third-order valence-electron chi connectivity index (χ3n) is 1.51. The molecule has 0 fully saturated rings. The Kier molecular flexibility index (Phi) is 3.47. The average molecular weight is 295 g/mol. The van der Waals surface area contributed by atoms with Gasteiger partial charge in [-0.05, 0) is 0 Å². The molecule has 0 aliphatic carbocycles. The van der Waals surface area contributed by atoms with Crippen LogP contribution in [0.25, 0.3) is 0 Å². The van der Waals surface area contributed by atoms with Crippen molar-refractivity contribution < 1.29 is 38.9 Å². The first kappa shape index (κ1) is 14.5. The Morgan fingerprint density at radius 2 is 1.67 bits per heavy atom. The van der Waals surface area contributed by atoms with Gasteiger partial charge in [0.15, 0.2) is 0 Å². The molecule has 18 heavy (non-hydrogen) atoms. The van der Waals surface area contributed by atoms with Gasteiger partial charge in [-0.1, -0.05) is 0 Å². The largest absolute Gasteiger partial charge is 0.534 e. The van der Waals surface area contributed by atoms with E-state index in [1.165, 1.54) is 0 Å². The predicted molar refractivity (Wildman–Crippen MR) is 44.8 cm³/mol. The summed E-state index contributed by atoms with van der Waals surface area (Å²) >= 11 is 0. The quantitative estimate of drug-likeness (QED) is 0.477. The molecule has 4 nitrogen and oxygen atoms in total. The summed E-state index contributed by atoms with van der Waals surface area (Å²) in [5.41, 5.74) is -7.30. The second-order valence-corrected chi connectivity index (χ2v) is 4.40. The van der Waals surface area contributed by atoms with Crippen molar-refractivity contribution in [2.45, 2.75) is 11.7 Å². The number of aromatic nitrogens is 1. The van der Waals surface area contributed by atoms with E-state index in [2.05, 4.69) is 9.17 Å². The third-order valence-corrected chi connectivity index (χ3v) is 2.49. The van der Waals surface area contributed by atoms with Crippen LogP contribution in [0, 0.1) is 0 Å². The fraction of sp³-hybridized carbons (Fsp3) is 0.286. The summed E-state index contributed by atoms with van der Waals surface area (Å²) in [5, 5.41) is 0. The van der Waals surface area contributed by atoms with Crippen molar-refractivity contribution in [2.75, 3.05) is 0 Å². The summed E-state index contributed by atoms with van der Waals surface area (Å²) in [4.78, 5) is 2.82. The van der Waals surface area contributed by atoms with Crippen molar-refractivity contribution in [2.24, 2.45) is 0 Å². The van der Waals surface area contributed by atoms with Crippen LogP contribution in [0.1, 0.15) is 5.69 Å².